The van der Waals surface area contributed by atoms with E-state index in [0.29, 0.717) is 18.2 Å². The molecule has 1 unspecified atom stereocenters. The predicted molar refractivity (Wildman–Crippen MR) is 71.5 cm³/mol. The molecule has 2 N–H and O–H groups in total. The average molecular weight is 258 g/mol. The van der Waals surface area contributed by atoms with Crippen LogP contribution < -0.4 is 10.6 Å². The summed E-state index contributed by atoms with van der Waals surface area (Å²) in [6.45, 7) is 6.08. The number of aromatic nitrogens is 1. The summed E-state index contributed by atoms with van der Waals surface area (Å²) in [7, 11) is 1.69. The Morgan fingerprint density at radius 2 is 2.29 bits per heavy atom. The van der Waals surface area contributed by atoms with Gasteiger partial charge in [0.15, 0.2) is 0 Å². The van der Waals surface area contributed by atoms with Crippen LogP contribution in [-0.2, 0) is 11.3 Å². The number of methoxy groups -OCH3 is 1. The quantitative estimate of drug-likeness (QED) is 0.848. The molecule has 0 aliphatic heterocycles. The van der Waals surface area contributed by atoms with Gasteiger partial charge in [-0.15, -0.1) is 0 Å². The highest BCUT2D eigenvalue weighted by molar-refractivity contribution is 6.33. The number of hydrogen-bond donors (Lipinski definition) is 1. The van der Waals surface area contributed by atoms with Crippen LogP contribution in [0.2, 0.25) is 5.02 Å². The summed E-state index contributed by atoms with van der Waals surface area (Å²) < 4.78 is 5.16. The zero-order valence-electron chi connectivity index (χ0n) is 10.6. The van der Waals surface area contributed by atoms with Crippen molar-refractivity contribution in [3.63, 3.8) is 0 Å². The first kappa shape index (κ1) is 14.2. The van der Waals surface area contributed by atoms with Crippen LogP contribution in [0.1, 0.15) is 19.4 Å². The van der Waals surface area contributed by atoms with Crippen molar-refractivity contribution in [2.45, 2.75) is 26.4 Å². The molecule has 1 aromatic heterocycles. The van der Waals surface area contributed by atoms with Gasteiger partial charge in [0.2, 0.25) is 0 Å². The van der Waals surface area contributed by atoms with Crippen LogP contribution in [0.5, 0.6) is 0 Å². The Bertz CT molecular complexity index is 360. The van der Waals surface area contributed by atoms with Gasteiger partial charge in [0.05, 0.1) is 17.7 Å². The molecule has 1 rings (SSSR count). The van der Waals surface area contributed by atoms with E-state index >= 15 is 0 Å². The number of nitrogens with zero attached hydrogens (tertiary/aromatic N) is 2. The summed E-state index contributed by atoms with van der Waals surface area (Å²) in [6.07, 6.45) is 1.77. The van der Waals surface area contributed by atoms with E-state index in [1.165, 1.54) is 0 Å². The number of rotatable bonds is 6. The summed E-state index contributed by atoms with van der Waals surface area (Å²) in [6, 6.07) is 2.10. The van der Waals surface area contributed by atoms with E-state index in [-0.39, 0.29) is 6.04 Å². The summed E-state index contributed by atoms with van der Waals surface area (Å²) in [5.41, 5.74) is 6.49. The summed E-state index contributed by atoms with van der Waals surface area (Å²) in [5.74, 6) is 0.788. The van der Waals surface area contributed by atoms with Gasteiger partial charge < -0.3 is 15.4 Å². The fourth-order valence-electron chi connectivity index (χ4n) is 1.79. The van der Waals surface area contributed by atoms with E-state index < -0.39 is 0 Å². The normalized spacial score (nSPS) is 12.5. The van der Waals surface area contributed by atoms with E-state index in [4.69, 9.17) is 22.1 Å². The second-order valence-corrected chi connectivity index (χ2v) is 4.35. The van der Waals surface area contributed by atoms with E-state index in [9.17, 15) is 0 Å². The van der Waals surface area contributed by atoms with Gasteiger partial charge >= 0.3 is 0 Å². The Balaban J connectivity index is 2.95. The third-order valence-corrected chi connectivity index (χ3v) is 2.94. The van der Waals surface area contributed by atoms with Gasteiger partial charge in [0.25, 0.3) is 0 Å². The maximum atomic E-state index is 6.23. The molecular weight excluding hydrogens is 238 g/mol. The van der Waals surface area contributed by atoms with Gasteiger partial charge in [0.1, 0.15) is 5.82 Å². The third-order valence-electron chi connectivity index (χ3n) is 2.67. The lowest BCUT2D eigenvalue weighted by molar-refractivity contribution is 0.181. The van der Waals surface area contributed by atoms with Crippen molar-refractivity contribution < 1.29 is 4.74 Å². The molecule has 0 radical (unpaired) electrons. The van der Waals surface area contributed by atoms with E-state index in [2.05, 4.69) is 23.7 Å². The van der Waals surface area contributed by atoms with Crippen molar-refractivity contribution in [1.82, 2.24) is 4.98 Å². The molecule has 0 fully saturated rings. The summed E-state index contributed by atoms with van der Waals surface area (Å²) >= 11 is 6.23. The van der Waals surface area contributed by atoms with Crippen molar-refractivity contribution in [1.29, 1.82) is 0 Å². The average Bonchev–Trinajstić information content (AvgIpc) is 2.32. The van der Waals surface area contributed by atoms with Crippen LogP contribution in [0.25, 0.3) is 0 Å². The minimum Gasteiger partial charge on any atom is -0.383 e. The van der Waals surface area contributed by atoms with E-state index in [1.54, 1.807) is 13.3 Å². The number of halogens is 1. The molecule has 1 heterocycles. The molecule has 0 aliphatic rings. The molecule has 0 bridgehead atoms. The van der Waals surface area contributed by atoms with Gasteiger partial charge in [-0.05, 0) is 25.5 Å². The molecule has 0 saturated carbocycles. The molecule has 4 nitrogen and oxygen atoms in total. The van der Waals surface area contributed by atoms with Gasteiger partial charge in [-0.2, -0.15) is 0 Å². The zero-order chi connectivity index (χ0) is 12.8. The van der Waals surface area contributed by atoms with Crippen molar-refractivity contribution in [3.05, 3.63) is 22.8 Å². The minimum atomic E-state index is 0.235. The maximum absolute atomic E-state index is 6.23. The molecule has 17 heavy (non-hydrogen) atoms. The maximum Gasteiger partial charge on any atom is 0.147 e. The Hall–Kier alpha value is -0.840. The Morgan fingerprint density at radius 1 is 1.59 bits per heavy atom. The number of nitrogens with two attached hydrogens (primary N) is 1. The molecule has 0 aromatic carbocycles. The largest absolute Gasteiger partial charge is 0.383 e. The van der Waals surface area contributed by atoms with Crippen molar-refractivity contribution in [2.75, 3.05) is 25.2 Å². The highest BCUT2D eigenvalue weighted by Crippen LogP contribution is 2.25. The molecule has 96 valence electrons. The molecule has 1 atom stereocenters. The van der Waals surface area contributed by atoms with Crippen LogP contribution in [0.4, 0.5) is 5.82 Å². The summed E-state index contributed by atoms with van der Waals surface area (Å²) in [5, 5.41) is 0.637. The summed E-state index contributed by atoms with van der Waals surface area (Å²) in [4.78, 5) is 6.50. The predicted octanol–water partition coefficient (Wildman–Crippen LogP) is 2.05. The number of pyridine rings is 1. The molecule has 1 aromatic rings. The second kappa shape index (κ2) is 6.79. The van der Waals surface area contributed by atoms with Gasteiger partial charge in [-0.1, -0.05) is 11.6 Å². The number of likely N-dealkylation sites (N-methyl/N-ethyl adjacent to an activating group) is 1. The van der Waals surface area contributed by atoms with Gasteiger partial charge in [0, 0.05) is 26.4 Å². The Morgan fingerprint density at radius 3 is 2.76 bits per heavy atom. The van der Waals surface area contributed by atoms with E-state index in [0.717, 1.165) is 17.9 Å². The molecule has 0 spiro atoms. The lowest BCUT2D eigenvalue weighted by Gasteiger charge is -2.29. The second-order valence-electron chi connectivity index (χ2n) is 3.94. The lowest BCUT2D eigenvalue weighted by Crippen LogP contribution is -2.37. The molecule has 5 heteroatoms. The topological polar surface area (TPSA) is 51.4 Å². The smallest absolute Gasteiger partial charge is 0.147 e. The SMILES string of the molecule is CCN(c1ncc(CN)cc1Cl)C(C)COC. The lowest BCUT2D eigenvalue weighted by atomic mass is 10.2. The van der Waals surface area contributed by atoms with Gasteiger partial charge in [-0.25, -0.2) is 4.98 Å². The molecular formula is C12H20ClN3O. The molecule has 0 aliphatic carbocycles. The monoisotopic (exact) mass is 257 g/mol. The van der Waals surface area contributed by atoms with Crippen LogP contribution in [0, 0.1) is 0 Å². The van der Waals surface area contributed by atoms with Crippen LogP contribution in [0.3, 0.4) is 0 Å². The fourth-order valence-corrected chi connectivity index (χ4v) is 2.09. The number of anilines is 1. The third kappa shape index (κ3) is 3.56. The minimum absolute atomic E-state index is 0.235. The first-order chi connectivity index (χ1) is 8.13. The van der Waals surface area contributed by atoms with Crippen LogP contribution >= 0.6 is 11.6 Å². The van der Waals surface area contributed by atoms with Crippen LogP contribution in [0.15, 0.2) is 12.3 Å². The van der Waals surface area contributed by atoms with Crippen molar-refractivity contribution >= 4 is 17.4 Å². The molecule has 0 saturated heterocycles. The first-order valence-electron chi connectivity index (χ1n) is 5.74. The first-order valence-corrected chi connectivity index (χ1v) is 6.11. The highest BCUT2D eigenvalue weighted by Gasteiger charge is 2.16. The Kier molecular flexibility index (Phi) is 5.68. The number of hydrogen-bond acceptors (Lipinski definition) is 4. The highest BCUT2D eigenvalue weighted by atomic mass is 35.5. The van der Waals surface area contributed by atoms with Crippen molar-refractivity contribution in [3.8, 4) is 0 Å². The molecule has 0 amide bonds. The van der Waals surface area contributed by atoms with Crippen LogP contribution in [-0.4, -0.2) is 31.3 Å². The van der Waals surface area contributed by atoms with Crippen molar-refractivity contribution in [2.24, 2.45) is 5.73 Å². The van der Waals surface area contributed by atoms with E-state index in [1.807, 2.05) is 6.07 Å². The number of ether oxygens (including phenoxy) is 1. The van der Waals surface area contributed by atoms with Gasteiger partial charge in [-0.3, -0.25) is 0 Å². The standard InChI is InChI=1S/C12H20ClN3O/c1-4-16(9(2)8-17-3)12-11(13)5-10(6-14)7-15-12/h5,7,9H,4,6,8,14H2,1-3H3. The zero-order valence-corrected chi connectivity index (χ0v) is 11.4. The fraction of sp³-hybridized carbons (Fsp3) is 0.583. The Labute approximate surface area is 108 Å².